The third-order valence-electron chi connectivity index (χ3n) is 4.61. The number of hydrogen-bond acceptors (Lipinski definition) is 4. The molecule has 0 saturated carbocycles. The van der Waals surface area contributed by atoms with Gasteiger partial charge < -0.3 is 15.0 Å². The molecule has 2 heterocycles. The molecule has 0 aliphatic carbocycles. The first-order valence-electron chi connectivity index (χ1n) is 9.06. The summed E-state index contributed by atoms with van der Waals surface area (Å²) >= 11 is 11.8. The summed E-state index contributed by atoms with van der Waals surface area (Å²) in [6.45, 7) is 7.28. The summed E-state index contributed by atoms with van der Waals surface area (Å²) in [5, 5.41) is 3.04. The van der Waals surface area contributed by atoms with Gasteiger partial charge in [0, 0.05) is 24.3 Å². The highest BCUT2D eigenvalue weighted by molar-refractivity contribution is 6.35. The molecule has 5 nitrogen and oxygen atoms in total. The molecule has 1 aliphatic rings. The number of morpholine rings is 1. The Hall–Kier alpha value is -1.89. The zero-order valence-electron chi connectivity index (χ0n) is 15.9. The number of rotatable bonds is 4. The fourth-order valence-electron chi connectivity index (χ4n) is 3.30. The Morgan fingerprint density at radius 2 is 1.93 bits per heavy atom. The molecule has 2 aromatic rings. The van der Waals surface area contributed by atoms with Crippen molar-refractivity contribution in [3.05, 3.63) is 57.5 Å². The molecule has 0 bridgehead atoms. The number of aromatic nitrogens is 1. The van der Waals surface area contributed by atoms with Crippen LogP contribution in [0.25, 0.3) is 0 Å². The van der Waals surface area contributed by atoms with E-state index in [1.165, 1.54) is 18.3 Å². The van der Waals surface area contributed by atoms with Crippen LogP contribution in [0.4, 0.5) is 10.2 Å². The van der Waals surface area contributed by atoms with Crippen molar-refractivity contribution in [3.8, 4) is 0 Å². The van der Waals surface area contributed by atoms with Crippen molar-refractivity contribution in [2.75, 3.05) is 18.0 Å². The first-order valence-corrected chi connectivity index (χ1v) is 9.82. The monoisotopic (exact) mass is 425 g/mol. The number of pyridine rings is 1. The quantitative estimate of drug-likeness (QED) is 0.725. The van der Waals surface area contributed by atoms with Crippen molar-refractivity contribution in [2.24, 2.45) is 0 Å². The molecule has 3 atom stereocenters. The molecule has 3 unspecified atom stereocenters. The topological polar surface area (TPSA) is 54.5 Å². The number of benzene rings is 1. The predicted molar refractivity (Wildman–Crippen MR) is 109 cm³/mol. The maximum Gasteiger partial charge on any atom is 0.253 e. The maximum absolute atomic E-state index is 13.7. The number of halogens is 3. The normalized spacial score (nSPS) is 20.7. The SMILES string of the molecule is CC1CN(c2ccc(C(=O)NC(C)c3cc(F)c(Cl)cc3Cl)cn2)CC(C)O1. The van der Waals surface area contributed by atoms with Crippen LogP contribution in [-0.2, 0) is 4.74 Å². The molecule has 28 heavy (non-hydrogen) atoms. The van der Waals surface area contributed by atoms with Crippen LogP contribution in [0.15, 0.2) is 30.5 Å². The van der Waals surface area contributed by atoms with Crippen molar-refractivity contribution in [3.63, 3.8) is 0 Å². The van der Waals surface area contributed by atoms with Gasteiger partial charge in [0.2, 0.25) is 0 Å². The lowest BCUT2D eigenvalue weighted by Gasteiger charge is -2.36. The molecule has 0 radical (unpaired) electrons. The van der Waals surface area contributed by atoms with E-state index in [0.717, 1.165) is 18.9 Å². The zero-order chi connectivity index (χ0) is 20.4. The number of carbonyl (C=O) groups is 1. The van der Waals surface area contributed by atoms with Crippen LogP contribution in [0.1, 0.15) is 42.7 Å². The Labute approximate surface area is 173 Å². The Morgan fingerprint density at radius 3 is 2.54 bits per heavy atom. The van der Waals surface area contributed by atoms with E-state index in [9.17, 15) is 9.18 Å². The first kappa shape index (κ1) is 20.8. The molecular weight excluding hydrogens is 404 g/mol. The van der Waals surface area contributed by atoms with Gasteiger partial charge in [0.05, 0.1) is 28.8 Å². The maximum atomic E-state index is 13.7. The second-order valence-electron chi connectivity index (χ2n) is 7.05. The molecule has 3 rings (SSSR count). The zero-order valence-corrected chi connectivity index (χ0v) is 17.4. The third-order valence-corrected chi connectivity index (χ3v) is 5.22. The van der Waals surface area contributed by atoms with Gasteiger partial charge in [0.15, 0.2) is 0 Å². The average Bonchev–Trinajstić information content (AvgIpc) is 2.64. The number of amides is 1. The number of ether oxygens (including phenoxy) is 1. The first-order chi connectivity index (χ1) is 13.2. The van der Waals surface area contributed by atoms with Gasteiger partial charge in [0.1, 0.15) is 11.6 Å². The van der Waals surface area contributed by atoms with Crippen LogP contribution in [-0.4, -0.2) is 36.2 Å². The van der Waals surface area contributed by atoms with Crippen molar-refractivity contribution < 1.29 is 13.9 Å². The van der Waals surface area contributed by atoms with Crippen LogP contribution in [0, 0.1) is 5.82 Å². The Balaban J connectivity index is 1.69. The molecule has 1 fully saturated rings. The molecular formula is C20H22Cl2FN3O2. The summed E-state index contributed by atoms with van der Waals surface area (Å²) in [4.78, 5) is 19.1. The lowest BCUT2D eigenvalue weighted by Crippen LogP contribution is -2.45. The fourth-order valence-corrected chi connectivity index (χ4v) is 3.85. The van der Waals surface area contributed by atoms with Crippen LogP contribution >= 0.6 is 23.2 Å². The van der Waals surface area contributed by atoms with E-state index in [1.54, 1.807) is 13.0 Å². The highest BCUT2D eigenvalue weighted by Crippen LogP contribution is 2.29. The lowest BCUT2D eigenvalue weighted by atomic mass is 10.1. The minimum absolute atomic E-state index is 0.0567. The van der Waals surface area contributed by atoms with Gasteiger partial charge in [-0.05, 0) is 50.6 Å². The molecule has 0 spiro atoms. The van der Waals surface area contributed by atoms with Crippen molar-refractivity contribution >= 4 is 34.9 Å². The van der Waals surface area contributed by atoms with Crippen LogP contribution in [0.3, 0.4) is 0 Å². The van der Waals surface area contributed by atoms with E-state index in [4.69, 9.17) is 27.9 Å². The largest absolute Gasteiger partial charge is 0.372 e. The van der Waals surface area contributed by atoms with E-state index in [0.29, 0.717) is 16.1 Å². The van der Waals surface area contributed by atoms with Gasteiger partial charge >= 0.3 is 0 Å². The predicted octanol–water partition coefficient (Wildman–Crippen LogP) is 4.63. The molecule has 1 aliphatic heterocycles. The van der Waals surface area contributed by atoms with E-state index in [-0.39, 0.29) is 23.1 Å². The summed E-state index contributed by atoms with van der Waals surface area (Å²) in [6, 6.07) is 5.61. The lowest BCUT2D eigenvalue weighted by molar-refractivity contribution is -0.00546. The van der Waals surface area contributed by atoms with Gasteiger partial charge in [-0.3, -0.25) is 4.79 Å². The number of nitrogens with zero attached hydrogens (tertiary/aromatic N) is 2. The van der Waals surface area contributed by atoms with Crippen molar-refractivity contribution in [1.29, 1.82) is 0 Å². The number of hydrogen-bond donors (Lipinski definition) is 1. The number of anilines is 1. The highest BCUT2D eigenvalue weighted by Gasteiger charge is 2.23. The summed E-state index contributed by atoms with van der Waals surface area (Å²) in [5.41, 5.74) is 0.869. The highest BCUT2D eigenvalue weighted by atomic mass is 35.5. The van der Waals surface area contributed by atoms with Crippen LogP contribution < -0.4 is 10.2 Å². The van der Waals surface area contributed by atoms with E-state index < -0.39 is 11.9 Å². The second-order valence-corrected chi connectivity index (χ2v) is 7.86. The standard InChI is InChI=1S/C20H22Cl2FN3O2/c1-11-9-26(10-12(2)28-11)19-5-4-14(8-24-19)20(27)25-13(3)15-6-18(23)17(22)7-16(15)21/h4-8,11-13H,9-10H2,1-3H3,(H,25,27). The summed E-state index contributed by atoms with van der Waals surface area (Å²) < 4.78 is 19.5. The Bertz CT molecular complexity index is 853. The fraction of sp³-hybridized carbons (Fsp3) is 0.400. The van der Waals surface area contributed by atoms with Gasteiger partial charge in [-0.1, -0.05) is 23.2 Å². The molecule has 1 amide bonds. The molecule has 8 heteroatoms. The van der Waals surface area contributed by atoms with Gasteiger partial charge in [-0.15, -0.1) is 0 Å². The van der Waals surface area contributed by atoms with Crippen LogP contribution in [0.5, 0.6) is 0 Å². The molecule has 1 aromatic heterocycles. The van der Waals surface area contributed by atoms with Crippen LogP contribution in [0.2, 0.25) is 10.0 Å². The van der Waals surface area contributed by atoms with Crippen molar-refractivity contribution in [2.45, 2.75) is 39.0 Å². The second kappa shape index (κ2) is 8.64. The molecule has 1 N–H and O–H groups in total. The van der Waals surface area contributed by atoms with Gasteiger partial charge in [-0.2, -0.15) is 0 Å². The summed E-state index contributed by atoms with van der Waals surface area (Å²) in [6.07, 6.45) is 1.78. The van der Waals surface area contributed by atoms with E-state index in [1.807, 2.05) is 19.9 Å². The minimum atomic E-state index is -0.581. The van der Waals surface area contributed by atoms with Gasteiger partial charge in [0.25, 0.3) is 5.91 Å². The smallest absolute Gasteiger partial charge is 0.253 e. The van der Waals surface area contributed by atoms with Gasteiger partial charge in [-0.25, -0.2) is 9.37 Å². The Morgan fingerprint density at radius 1 is 1.25 bits per heavy atom. The summed E-state index contributed by atoms with van der Waals surface area (Å²) in [7, 11) is 0. The average molecular weight is 426 g/mol. The van der Waals surface area contributed by atoms with E-state index in [2.05, 4.69) is 15.2 Å². The molecule has 150 valence electrons. The van der Waals surface area contributed by atoms with Crippen molar-refractivity contribution in [1.82, 2.24) is 10.3 Å². The number of carbonyl (C=O) groups excluding carboxylic acids is 1. The third kappa shape index (κ3) is 4.74. The summed E-state index contributed by atoms with van der Waals surface area (Å²) in [5.74, 6) is -0.0988. The minimum Gasteiger partial charge on any atom is -0.372 e. The molecule has 1 saturated heterocycles. The Kier molecular flexibility index (Phi) is 6.43. The molecule has 1 aromatic carbocycles. The van der Waals surface area contributed by atoms with E-state index >= 15 is 0 Å². The number of nitrogens with one attached hydrogen (secondary N) is 1.